The van der Waals surface area contributed by atoms with E-state index in [2.05, 4.69) is 12.2 Å². The number of carbonyl (C=O) groups excluding carboxylic acids is 1. The Morgan fingerprint density at radius 1 is 1.11 bits per heavy atom. The van der Waals surface area contributed by atoms with E-state index in [1.807, 2.05) is 6.92 Å². The van der Waals surface area contributed by atoms with Crippen LogP contribution in [0.1, 0.15) is 47.0 Å². The first kappa shape index (κ1) is 26.1. The summed E-state index contributed by atoms with van der Waals surface area (Å²) in [6.45, 7) is 6.63. The smallest absolute Gasteiger partial charge is 0.119 e. The van der Waals surface area contributed by atoms with E-state index in [0.29, 0.717) is 13.0 Å². The molecule has 0 saturated carbocycles. The molecule has 18 heavy (non-hydrogen) atoms. The maximum Gasteiger partial charge on any atom is 0.119 e. The van der Waals surface area contributed by atoms with Crippen LogP contribution in [0, 0.1) is 0 Å². The van der Waals surface area contributed by atoms with Gasteiger partial charge in [0, 0.05) is 19.5 Å². The Hall–Kier alpha value is -0.490. The molecule has 0 fully saturated rings. The molecule has 114 valence electrons. The van der Waals surface area contributed by atoms with E-state index in [1.54, 1.807) is 0 Å². The van der Waals surface area contributed by atoms with Gasteiger partial charge in [0.1, 0.15) is 6.29 Å². The van der Waals surface area contributed by atoms with E-state index in [9.17, 15) is 4.79 Å². The molecule has 0 aliphatic heterocycles. The second kappa shape index (κ2) is 36.0. The van der Waals surface area contributed by atoms with Crippen molar-refractivity contribution in [2.75, 3.05) is 32.8 Å². The van der Waals surface area contributed by atoms with Crippen molar-refractivity contribution in [3.63, 3.8) is 0 Å². The van der Waals surface area contributed by atoms with E-state index in [4.69, 9.17) is 15.9 Å². The molecule has 0 unspecified atom stereocenters. The average molecular weight is 266 g/mol. The minimum atomic E-state index is 0. The zero-order chi connectivity index (χ0) is 13.8. The second-order valence-electron chi connectivity index (χ2n) is 3.29. The van der Waals surface area contributed by atoms with Crippen LogP contribution in [0.5, 0.6) is 0 Å². The predicted octanol–water partition coefficient (Wildman–Crippen LogP) is 0.927. The standard InChI is InChI=1S/C6H15NO.C4H8O.C2H7NO.CH4/c1-2-3-4-7-5-6-8;1-2-3-4-5;3-1-2-4;/h7-8H,2-6H2,1H3;4H,2-3H2,1H3;4H,1-3H2;1H4. The summed E-state index contributed by atoms with van der Waals surface area (Å²) in [4.78, 5) is 9.40. The lowest BCUT2D eigenvalue weighted by atomic mass is 10.3. The molecule has 0 radical (unpaired) electrons. The highest BCUT2D eigenvalue weighted by molar-refractivity contribution is 5.48. The summed E-state index contributed by atoms with van der Waals surface area (Å²) in [6.07, 6.45) is 5.04. The Balaban J connectivity index is -0.0000000855. The first-order chi connectivity index (χ1) is 8.24. The molecule has 0 spiro atoms. The van der Waals surface area contributed by atoms with Gasteiger partial charge in [0.2, 0.25) is 0 Å². The number of unbranched alkanes of at least 4 members (excludes halogenated alkanes) is 2. The topological polar surface area (TPSA) is 95.6 Å². The summed E-state index contributed by atoms with van der Waals surface area (Å²) in [5.74, 6) is 0. The number of carbonyl (C=O) groups is 1. The summed E-state index contributed by atoms with van der Waals surface area (Å²) in [6, 6.07) is 0. The molecule has 0 bridgehead atoms. The van der Waals surface area contributed by atoms with Gasteiger partial charge in [0.05, 0.1) is 13.2 Å². The van der Waals surface area contributed by atoms with Gasteiger partial charge in [-0.15, -0.1) is 0 Å². The fraction of sp³-hybridized carbons (Fsp3) is 0.923. The highest BCUT2D eigenvalue weighted by Crippen LogP contribution is 1.80. The van der Waals surface area contributed by atoms with E-state index >= 15 is 0 Å². The number of aliphatic hydroxyl groups is 2. The van der Waals surface area contributed by atoms with E-state index in [1.165, 1.54) is 12.8 Å². The predicted molar refractivity (Wildman–Crippen MR) is 78.7 cm³/mol. The third-order valence-corrected chi connectivity index (χ3v) is 1.53. The van der Waals surface area contributed by atoms with Crippen molar-refractivity contribution in [2.45, 2.75) is 47.0 Å². The quantitative estimate of drug-likeness (QED) is 0.387. The molecule has 0 aromatic rings. The van der Waals surface area contributed by atoms with Gasteiger partial charge in [-0.05, 0) is 19.4 Å². The highest BCUT2D eigenvalue weighted by atomic mass is 16.3. The van der Waals surface area contributed by atoms with Crippen molar-refractivity contribution in [1.82, 2.24) is 5.32 Å². The number of hydrogen-bond donors (Lipinski definition) is 4. The highest BCUT2D eigenvalue weighted by Gasteiger charge is 1.81. The van der Waals surface area contributed by atoms with Crippen molar-refractivity contribution >= 4 is 6.29 Å². The molecule has 0 aliphatic carbocycles. The van der Waals surface area contributed by atoms with Crippen molar-refractivity contribution in [1.29, 1.82) is 0 Å². The first-order valence-corrected chi connectivity index (χ1v) is 6.31. The van der Waals surface area contributed by atoms with Crippen LogP contribution in [0.2, 0.25) is 0 Å². The van der Waals surface area contributed by atoms with Crippen molar-refractivity contribution in [3.05, 3.63) is 0 Å². The molecule has 0 amide bonds. The molecular formula is C13H34N2O3. The third-order valence-electron chi connectivity index (χ3n) is 1.53. The Morgan fingerprint density at radius 2 is 1.67 bits per heavy atom. The van der Waals surface area contributed by atoms with Gasteiger partial charge in [-0.2, -0.15) is 0 Å². The van der Waals surface area contributed by atoms with Gasteiger partial charge in [0.15, 0.2) is 0 Å². The molecule has 5 nitrogen and oxygen atoms in total. The van der Waals surface area contributed by atoms with E-state index in [0.717, 1.165) is 25.8 Å². The summed E-state index contributed by atoms with van der Waals surface area (Å²) >= 11 is 0. The fourth-order valence-electron chi connectivity index (χ4n) is 0.624. The van der Waals surface area contributed by atoms with Crippen LogP contribution < -0.4 is 11.1 Å². The lowest BCUT2D eigenvalue weighted by Crippen LogP contribution is -2.18. The summed E-state index contributed by atoms with van der Waals surface area (Å²) in [5, 5.41) is 19.1. The molecule has 0 heterocycles. The monoisotopic (exact) mass is 266 g/mol. The Bertz CT molecular complexity index is 106. The van der Waals surface area contributed by atoms with Gasteiger partial charge in [0.25, 0.3) is 0 Å². The van der Waals surface area contributed by atoms with Crippen LogP contribution in [0.15, 0.2) is 0 Å². The van der Waals surface area contributed by atoms with Crippen LogP contribution in [0.4, 0.5) is 0 Å². The zero-order valence-electron chi connectivity index (χ0n) is 11.3. The summed E-state index contributed by atoms with van der Waals surface area (Å²) in [7, 11) is 0. The second-order valence-corrected chi connectivity index (χ2v) is 3.29. The zero-order valence-corrected chi connectivity index (χ0v) is 11.3. The number of nitrogens with one attached hydrogen (secondary N) is 1. The van der Waals surface area contributed by atoms with E-state index in [-0.39, 0.29) is 20.6 Å². The largest absolute Gasteiger partial charge is 0.395 e. The Labute approximate surface area is 113 Å². The molecule has 0 aliphatic rings. The normalized spacial score (nSPS) is 8.06. The van der Waals surface area contributed by atoms with Crippen molar-refractivity contribution in [3.8, 4) is 0 Å². The lowest BCUT2D eigenvalue weighted by molar-refractivity contribution is -0.107. The molecule has 0 rings (SSSR count). The van der Waals surface area contributed by atoms with Crippen LogP contribution in [-0.4, -0.2) is 49.3 Å². The number of aldehydes is 1. The fourth-order valence-corrected chi connectivity index (χ4v) is 0.624. The van der Waals surface area contributed by atoms with Gasteiger partial charge >= 0.3 is 0 Å². The van der Waals surface area contributed by atoms with Gasteiger partial charge in [-0.3, -0.25) is 0 Å². The number of rotatable bonds is 8. The Morgan fingerprint density at radius 3 is 1.89 bits per heavy atom. The van der Waals surface area contributed by atoms with Crippen molar-refractivity contribution < 1.29 is 15.0 Å². The third kappa shape index (κ3) is 57.9. The minimum absolute atomic E-state index is 0. The van der Waals surface area contributed by atoms with Crippen LogP contribution in [-0.2, 0) is 4.79 Å². The van der Waals surface area contributed by atoms with Crippen LogP contribution >= 0.6 is 0 Å². The van der Waals surface area contributed by atoms with Crippen molar-refractivity contribution in [2.24, 2.45) is 5.73 Å². The lowest BCUT2D eigenvalue weighted by Gasteiger charge is -1.97. The van der Waals surface area contributed by atoms with Gasteiger partial charge in [-0.1, -0.05) is 27.7 Å². The molecule has 0 saturated heterocycles. The molecule has 5 N–H and O–H groups in total. The van der Waals surface area contributed by atoms with Crippen LogP contribution in [0.3, 0.4) is 0 Å². The summed E-state index contributed by atoms with van der Waals surface area (Å²) < 4.78 is 0. The molecular weight excluding hydrogens is 232 g/mol. The number of aliphatic hydroxyl groups excluding tert-OH is 2. The summed E-state index contributed by atoms with van der Waals surface area (Å²) in [5.41, 5.74) is 4.78. The SMILES string of the molecule is C.CCCC=O.CCCCNCCO.NCCO. The van der Waals surface area contributed by atoms with Crippen LogP contribution in [0.25, 0.3) is 0 Å². The Kier molecular flexibility index (Phi) is 52.2. The molecule has 0 aromatic carbocycles. The molecule has 5 heteroatoms. The van der Waals surface area contributed by atoms with Gasteiger partial charge < -0.3 is 26.1 Å². The van der Waals surface area contributed by atoms with Gasteiger partial charge in [-0.25, -0.2) is 0 Å². The minimum Gasteiger partial charge on any atom is -0.395 e. The first-order valence-electron chi connectivity index (χ1n) is 6.31. The number of hydrogen-bond acceptors (Lipinski definition) is 5. The maximum absolute atomic E-state index is 9.40. The average Bonchev–Trinajstić information content (AvgIpc) is 2.37. The van der Waals surface area contributed by atoms with E-state index < -0.39 is 0 Å². The molecule has 0 atom stereocenters. The maximum atomic E-state index is 9.40. The number of nitrogens with two attached hydrogens (primary N) is 1. The molecule has 0 aromatic heterocycles.